The normalized spacial score (nSPS) is 20.3. The molecule has 1 atom stereocenters. The van der Waals surface area contributed by atoms with E-state index >= 15 is 0 Å². The summed E-state index contributed by atoms with van der Waals surface area (Å²) in [6.45, 7) is 6.33. The highest BCUT2D eigenvalue weighted by Gasteiger charge is 2.30. The Morgan fingerprint density at radius 1 is 1.26 bits per heavy atom. The van der Waals surface area contributed by atoms with Gasteiger partial charge < -0.3 is 19.5 Å². The van der Waals surface area contributed by atoms with Crippen molar-refractivity contribution in [2.24, 2.45) is 11.8 Å². The fraction of sp³-hybridized carbons (Fsp3) is 0.750. The van der Waals surface area contributed by atoms with E-state index in [2.05, 4.69) is 10.5 Å². The fourth-order valence-electron chi connectivity index (χ4n) is 3.77. The zero-order chi connectivity index (χ0) is 19.2. The van der Waals surface area contributed by atoms with Gasteiger partial charge in [-0.1, -0.05) is 31.8 Å². The van der Waals surface area contributed by atoms with Crippen LogP contribution in [0.3, 0.4) is 0 Å². The predicted octanol–water partition coefficient (Wildman–Crippen LogP) is 2.76. The monoisotopic (exact) mass is 377 g/mol. The molecule has 0 spiro atoms. The smallest absolute Gasteiger partial charge is 0.273 e. The first-order valence-electron chi connectivity index (χ1n) is 10.2. The summed E-state index contributed by atoms with van der Waals surface area (Å²) in [5.41, 5.74) is 0.260. The summed E-state index contributed by atoms with van der Waals surface area (Å²) >= 11 is 0. The van der Waals surface area contributed by atoms with Crippen molar-refractivity contribution in [3.05, 3.63) is 17.5 Å². The van der Waals surface area contributed by atoms with Gasteiger partial charge in [0, 0.05) is 31.7 Å². The third-order valence-corrected chi connectivity index (χ3v) is 5.27. The van der Waals surface area contributed by atoms with Crippen LogP contribution in [0.1, 0.15) is 68.6 Å². The molecule has 1 aromatic heterocycles. The van der Waals surface area contributed by atoms with E-state index in [9.17, 15) is 9.59 Å². The van der Waals surface area contributed by atoms with Crippen LogP contribution in [-0.2, 0) is 16.1 Å². The van der Waals surface area contributed by atoms with E-state index < -0.39 is 0 Å². The average Bonchev–Trinajstić information content (AvgIpc) is 3.40. The number of carbonyl (C=O) groups is 2. The van der Waals surface area contributed by atoms with Gasteiger partial charge in [-0.3, -0.25) is 9.59 Å². The number of ether oxygens (including phenoxy) is 1. The van der Waals surface area contributed by atoms with Crippen molar-refractivity contribution in [3.8, 4) is 0 Å². The fourth-order valence-corrected chi connectivity index (χ4v) is 3.77. The molecule has 0 bridgehead atoms. The summed E-state index contributed by atoms with van der Waals surface area (Å²) < 4.78 is 11.1. The number of rotatable bonds is 8. The van der Waals surface area contributed by atoms with Crippen LogP contribution in [0.25, 0.3) is 0 Å². The Labute approximate surface area is 160 Å². The maximum Gasteiger partial charge on any atom is 0.273 e. The van der Waals surface area contributed by atoms with E-state index in [-0.39, 0.29) is 29.5 Å². The van der Waals surface area contributed by atoms with Crippen LogP contribution in [0.2, 0.25) is 0 Å². The van der Waals surface area contributed by atoms with Gasteiger partial charge in [0.25, 0.3) is 5.91 Å². The Morgan fingerprint density at radius 3 is 2.70 bits per heavy atom. The molecule has 1 N–H and O–H groups in total. The Kier molecular flexibility index (Phi) is 6.88. The Morgan fingerprint density at radius 2 is 2.04 bits per heavy atom. The van der Waals surface area contributed by atoms with Gasteiger partial charge in [-0.25, -0.2) is 0 Å². The second-order valence-corrected chi connectivity index (χ2v) is 8.12. The molecule has 1 aromatic rings. The van der Waals surface area contributed by atoms with Crippen LogP contribution in [0.15, 0.2) is 10.6 Å². The molecule has 0 radical (unpaired) electrons. The third-order valence-electron chi connectivity index (χ3n) is 5.27. The molecule has 0 aromatic carbocycles. The number of amides is 2. The minimum atomic E-state index is -0.244. The van der Waals surface area contributed by atoms with Crippen LogP contribution in [0.4, 0.5) is 0 Å². The number of hydrogen-bond acceptors (Lipinski definition) is 5. The number of hydrogen-bond donors (Lipinski definition) is 1. The SMILES string of the molecule is CC(C)CNC(=O)c1cc(CN(CC2CCCO2)C(=O)C2CCCC2)on1. The van der Waals surface area contributed by atoms with Gasteiger partial charge >= 0.3 is 0 Å². The summed E-state index contributed by atoms with van der Waals surface area (Å²) in [7, 11) is 0. The Hall–Kier alpha value is -1.89. The van der Waals surface area contributed by atoms with Crippen molar-refractivity contribution in [1.29, 1.82) is 0 Å². The molecular weight excluding hydrogens is 346 g/mol. The van der Waals surface area contributed by atoms with Gasteiger partial charge in [-0.15, -0.1) is 0 Å². The van der Waals surface area contributed by atoms with Crippen molar-refractivity contribution < 1.29 is 18.8 Å². The Bertz CT molecular complexity index is 631. The summed E-state index contributed by atoms with van der Waals surface area (Å²) in [4.78, 5) is 27.0. The molecule has 2 aliphatic rings. The van der Waals surface area contributed by atoms with E-state index in [1.54, 1.807) is 6.07 Å². The summed E-state index contributed by atoms with van der Waals surface area (Å²) in [5, 5.41) is 6.71. The molecule has 150 valence electrons. The van der Waals surface area contributed by atoms with Crippen molar-refractivity contribution in [2.45, 2.75) is 65.0 Å². The molecule has 1 unspecified atom stereocenters. The number of aromatic nitrogens is 1. The van der Waals surface area contributed by atoms with Crippen LogP contribution in [-0.4, -0.2) is 47.7 Å². The number of nitrogens with zero attached hydrogens (tertiary/aromatic N) is 2. The first-order valence-corrected chi connectivity index (χ1v) is 10.2. The first kappa shape index (κ1) is 19.9. The highest BCUT2D eigenvalue weighted by atomic mass is 16.5. The van der Waals surface area contributed by atoms with Gasteiger partial charge in [-0.05, 0) is 31.6 Å². The molecule has 7 heteroatoms. The molecule has 1 aliphatic carbocycles. The molecule has 27 heavy (non-hydrogen) atoms. The van der Waals surface area contributed by atoms with Crippen LogP contribution in [0, 0.1) is 11.8 Å². The molecule has 1 saturated carbocycles. The number of carbonyl (C=O) groups excluding carboxylic acids is 2. The second kappa shape index (κ2) is 9.35. The third kappa shape index (κ3) is 5.54. The van der Waals surface area contributed by atoms with Crippen molar-refractivity contribution in [1.82, 2.24) is 15.4 Å². The second-order valence-electron chi connectivity index (χ2n) is 8.12. The number of nitrogens with one attached hydrogen (secondary N) is 1. The van der Waals surface area contributed by atoms with Gasteiger partial charge in [-0.2, -0.15) is 0 Å². The molecular formula is C20H31N3O4. The highest BCUT2D eigenvalue weighted by Crippen LogP contribution is 2.28. The maximum absolute atomic E-state index is 13.0. The summed E-state index contributed by atoms with van der Waals surface area (Å²) in [6, 6.07) is 1.64. The van der Waals surface area contributed by atoms with E-state index in [4.69, 9.17) is 9.26 Å². The van der Waals surface area contributed by atoms with Gasteiger partial charge in [0.15, 0.2) is 11.5 Å². The van der Waals surface area contributed by atoms with Crippen molar-refractivity contribution in [2.75, 3.05) is 19.7 Å². The van der Waals surface area contributed by atoms with Gasteiger partial charge in [0.1, 0.15) is 0 Å². The first-order chi connectivity index (χ1) is 13.0. The standard InChI is InChI=1S/C20H31N3O4/c1-14(2)11-21-19(24)18-10-17(27-22-18)13-23(12-16-8-5-9-26-16)20(25)15-6-3-4-7-15/h10,14-16H,3-9,11-13H2,1-2H3,(H,21,24). The summed E-state index contributed by atoms with van der Waals surface area (Å²) in [6.07, 6.45) is 6.26. The summed E-state index contributed by atoms with van der Waals surface area (Å²) in [5.74, 6) is 0.931. The minimum Gasteiger partial charge on any atom is -0.376 e. The lowest BCUT2D eigenvalue weighted by Gasteiger charge is -2.27. The largest absolute Gasteiger partial charge is 0.376 e. The zero-order valence-corrected chi connectivity index (χ0v) is 16.4. The van der Waals surface area contributed by atoms with Crippen LogP contribution >= 0.6 is 0 Å². The van der Waals surface area contributed by atoms with E-state index in [1.807, 2.05) is 18.7 Å². The lowest BCUT2D eigenvalue weighted by atomic mass is 10.1. The predicted molar refractivity (Wildman–Crippen MR) is 100 cm³/mol. The maximum atomic E-state index is 13.0. The van der Waals surface area contributed by atoms with E-state index in [0.29, 0.717) is 31.3 Å². The van der Waals surface area contributed by atoms with Gasteiger partial charge in [0.05, 0.1) is 12.6 Å². The molecule has 2 heterocycles. The van der Waals surface area contributed by atoms with E-state index in [1.165, 1.54) is 0 Å². The van der Waals surface area contributed by atoms with E-state index in [0.717, 1.165) is 45.1 Å². The van der Waals surface area contributed by atoms with Crippen molar-refractivity contribution in [3.63, 3.8) is 0 Å². The molecule has 3 rings (SSSR count). The van der Waals surface area contributed by atoms with Gasteiger partial charge in [0.2, 0.25) is 5.91 Å². The quantitative estimate of drug-likeness (QED) is 0.753. The zero-order valence-electron chi connectivity index (χ0n) is 16.4. The van der Waals surface area contributed by atoms with Crippen molar-refractivity contribution >= 4 is 11.8 Å². The average molecular weight is 377 g/mol. The van der Waals surface area contributed by atoms with Crippen LogP contribution in [0.5, 0.6) is 0 Å². The molecule has 7 nitrogen and oxygen atoms in total. The lowest BCUT2D eigenvalue weighted by Crippen LogP contribution is -2.39. The van der Waals surface area contributed by atoms with Crippen LogP contribution < -0.4 is 5.32 Å². The minimum absolute atomic E-state index is 0.0899. The molecule has 2 fully saturated rings. The highest BCUT2D eigenvalue weighted by molar-refractivity contribution is 5.92. The molecule has 1 saturated heterocycles. The molecule has 1 aliphatic heterocycles. The Balaban J connectivity index is 1.64. The topological polar surface area (TPSA) is 84.7 Å². The lowest BCUT2D eigenvalue weighted by molar-refractivity contribution is -0.138. The molecule has 2 amide bonds.